The summed E-state index contributed by atoms with van der Waals surface area (Å²) in [6.45, 7) is 1.55. The Hall–Kier alpha value is -2.21. The molecular formula is C17H19N3O2S. The predicted octanol–water partition coefficient (Wildman–Crippen LogP) is 1.85. The number of likely N-dealkylation sites (tertiary alicyclic amines) is 1. The standard InChI is InChI=1S/C17H19N3O2S/c21-16-9-14(10-20(16)11-15-3-1-2-6-18-15)17(22)19-7-4-13-5-8-23-12-13/h1-3,5-6,8,12,14H,4,7,9-11H2,(H,19,22). The van der Waals surface area contributed by atoms with Crippen LogP contribution in [0.5, 0.6) is 0 Å². The average Bonchev–Trinajstić information content (AvgIpc) is 3.19. The third-order valence-electron chi connectivity index (χ3n) is 3.96. The number of nitrogens with one attached hydrogen (secondary N) is 1. The number of nitrogens with zero attached hydrogens (tertiary/aromatic N) is 2. The highest BCUT2D eigenvalue weighted by Crippen LogP contribution is 2.19. The summed E-state index contributed by atoms with van der Waals surface area (Å²) in [4.78, 5) is 30.2. The molecule has 0 aromatic carbocycles. The summed E-state index contributed by atoms with van der Waals surface area (Å²) in [5.74, 6) is -0.264. The summed E-state index contributed by atoms with van der Waals surface area (Å²) in [7, 11) is 0. The lowest BCUT2D eigenvalue weighted by Crippen LogP contribution is -2.34. The Morgan fingerprint density at radius 2 is 2.30 bits per heavy atom. The maximum absolute atomic E-state index is 12.2. The second-order valence-electron chi connectivity index (χ2n) is 5.67. The minimum atomic E-state index is -0.256. The maximum atomic E-state index is 12.2. The number of rotatable bonds is 6. The van der Waals surface area contributed by atoms with Crippen molar-refractivity contribution in [1.29, 1.82) is 0 Å². The van der Waals surface area contributed by atoms with Crippen LogP contribution in [0.25, 0.3) is 0 Å². The zero-order valence-electron chi connectivity index (χ0n) is 12.8. The molecule has 3 rings (SSSR count). The number of carbonyl (C=O) groups is 2. The van der Waals surface area contributed by atoms with Crippen LogP contribution in [-0.2, 0) is 22.6 Å². The summed E-state index contributed by atoms with van der Waals surface area (Å²) in [6, 6.07) is 7.70. The third-order valence-corrected chi connectivity index (χ3v) is 4.69. The molecule has 2 aromatic heterocycles. The summed E-state index contributed by atoms with van der Waals surface area (Å²) in [5, 5.41) is 7.05. The molecule has 3 heterocycles. The van der Waals surface area contributed by atoms with Crippen LogP contribution in [0.2, 0.25) is 0 Å². The Bertz CT molecular complexity index is 658. The first-order valence-electron chi connectivity index (χ1n) is 7.69. The summed E-state index contributed by atoms with van der Waals surface area (Å²) >= 11 is 1.66. The van der Waals surface area contributed by atoms with E-state index in [4.69, 9.17) is 0 Å². The molecule has 2 aromatic rings. The largest absolute Gasteiger partial charge is 0.355 e. The first-order chi connectivity index (χ1) is 11.2. The highest BCUT2D eigenvalue weighted by atomic mass is 32.1. The quantitative estimate of drug-likeness (QED) is 0.880. The molecule has 1 saturated heterocycles. The molecule has 1 aliphatic rings. The van der Waals surface area contributed by atoms with Crippen LogP contribution in [-0.4, -0.2) is 34.8 Å². The second kappa shape index (κ2) is 7.37. The van der Waals surface area contributed by atoms with Gasteiger partial charge in [0, 0.05) is 25.7 Å². The topological polar surface area (TPSA) is 62.3 Å². The van der Waals surface area contributed by atoms with Gasteiger partial charge in [-0.3, -0.25) is 14.6 Å². The fourth-order valence-electron chi connectivity index (χ4n) is 2.70. The Kier molecular flexibility index (Phi) is 5.02. The monoisotopic (exact) mass is 329 g/mol. The van der Waals surface area contributed by atoms with Crippen molar-refractivity contribution >= 4 is 23.2 Å². The van der Waals surface area contributed by atoms with Gasteiger partial charge in [-0.05, 0) is 40.9 Å². The van der Waals surface area contributed by atoms with Gasteiger partial charge in [-0.15, -0.1) is 0 Å². The highest BCUT2D eigenvalue weighted by Gasteiger charge is 2.34. The number of pyridine rings is 1. The molecule has 1 unspecified atom stereocenters. The lowest BCUT2D eigenvalue weighted by molar-refractivity contribution is -0.129. The fourth-order valence-corrected chi connectivity index (χ4v) is 3.40. The Morgan fingerprint density at radius 3 is 3.04 bits per heavy atom. The van der Waals surface area contributed by atoms with Gasteiger partial charge >= 0.3 is 0 Å². The zero-order chi connectivity index (χ0) is 16.1. The Labute approximate surface area is 139 Å². The third kappa shape index (κ3) is 4.16. The lowest BCUT2D eigenvalue weighted by Gasteiger charge is -2.16. The van der Waals surface area contributed by atoms with E-state index in [2.05, 4.69) is 21.7 Å². The minimum Gasteiger partial charge on any atom is -0.355 e. The highest BCUT2D eigenvalue weighted by molar-refractivity contribution is 7.07. The van der Waals surface area contributed by atoms with E-state index in [0.717, 1.165) is 12.1 Å². The number of thiophene rings is 1. The Balaban J connectivity index is 1.47. The van der Waals surface area contributed by atoms with Gasteiger partial charge in [0.25, 0.3) is 0 Å². The van der Waals surface area contributed by atoms with Crippen LogP contribution in [0.15, 0.2) is 41.2 Å². The van der Waals surface area contributed by atoms with Crippen LogP contribution >= 0.6 is 11.3 Å². The van der Waals surface area contributed by atoms with Crippen LogP contribution in [0.3, 0.4) is 0 Å². The normalized spacial score (nSPS) is 17.5. The molecule has 0 bridgehead atoms. The molecule has 6 heteroatoms. The van der Waals surface area contributed by atoms with Gasteiger partial charge in [-0.2, -0.15) is 11.3 Å². The van der Waals surface area contributed by atoms with Crippen molar-refractivity contribution in [2.24, 2.45) is 5.92 Å². The van der Waals surface area contributed by atoms with Gasteiger partial charge in [0.15, 0.2) is 0 Å². The molecule has 23 heavy (non-hydrogen) atoms. The number of carbonyl (C=O) groups excluding carboxylic acids is 2. The molecular weight excluding hydrogens is 310 g/mol. The second-order valence-corrected chi connectivity index (χ2v) is 6.45. The zero-order valence-corrected chi connectivity index (χ0v) is 13.6. The molecule has 0 saturated carbocycles. The maximum Gasteiger partial charge on any atom is 0.225 e. The van der Waals surface area contributed by atoms with Crippen LogP contribution in [0.4, 0.5) is 0 Å². The Morgan fingerprint density at radius 1 is 1.39 bits per heavy atom. The van der Waals surface area contributed by atoms with E-state index in [1.165, 1.54) is 5.56 Å². The van der Waals surface area contributed by atoms with Gasteiger partial charge in [-0.25, -0.2) is 0 Å². The van der Waals surface area contributed by atoms with Crippen molar-refractivity contribution in [2.75, 3.05) is 13.1 Å². The van der Waals surface area contributed by atoms with Crippen LogP contribution in [0.1, 0.15) is 17.7 Å². The fraction of sp³-hybridized carbons (Fsp3) is 0.353. The number of aromatic nitrogens is 1. The van der Waals surface area contributed by atoms with E-state index >= 15 is 0 Å². The van der Waals surface area contributed by atoms with E-state index in [1.54, 1.807) is 22.4 Å². The first-order valence-corrected chi connectivity index (χ1v) is 8.63. The molecule has 0 spiro atoms. The average molecular weight is 329 g/mol. The molecule has 2 amide bonds. The molecule has 5 nitrogen and oxygen atoms in total. The smallest absolute Gasteiger partial charge is 0.225 e. The van der Waals surface area contributed by atoms with E-state index in [0.29, 0.717) is 19.6 Å². The van der Waals surface area contributed by atoms with Crippen molar-refractivity contribution in [1.82, 2.24) is 15.2 Å². The van der Waals surface area contributed by atoms with Crippen LogP contribution in [0, 0.1) is 5.92 Å². The van der Waals surface area contributed by atoms with Gasteiger partial charge < -0.3 is 10.2 Å². The number of amides is 2. The van der Waals surface area contributed by atoms with Gasteiger partial charge in [0.1, 0.15) is 0 Å². The van der Waals surface area contributed by atoms with E-state index in [-0.39, 0.29) is 24.2 Å². The minimum absolute atomic E-state index is 0.0219. The number of hydrogen-bond acceptors (Lipinski definition) is 4. The van der Waals surface area contributed by atoms with Crippen molar-refractivity contribution in [3.8, 4) is 0 Å². The summed E-state index contributed by atoms with van der Waals surface area (Å²) in [5.41, 5.74) is 2.08. The van der Waals surface area contributed by atoms with E-state index < -0.39 is 0 Å². The van der Waals surface area contributed by atoms with E-state index in [1.807, 2.05) is 23.6 Å². The molecule has 0 radical (unpaired) electrons. The molecule has 1 aliphatic heterocycles. The predicted molar refractivity (Wildman–Crippen MR) is 88.8 cm³/mol. The molecule has 120 valence electrons. The first kappa shape index (κ1) is 15.7. The van der Waals surface area contributed by atoms with Gasteiger partial charge in [-0.1, -0.05) is 6.07 Å². The molecule has 1 atom stereocenters. The molecule has 1 fully saturated rings. The van der Waals surface area contributed by atoms with E-state index in [9.17, 15) is 9.59 Å². The summed E-state index contributed by atoms with van der Waals surface area (Å²) < 4.78 is 0. The van der Waals surface area contributed by atoms with Crippen molar-refractivity contribution in [3.05, 3.63) is 52.5 Å². The van der Waals surface area contributed by atoms with Crippen molar-refractivity contribution in [3.63, 3.8) is 0 Å². The lowest BCUT2D eigenvalue weighted by atomic mass is 10.1. The SMILES string of the molecule is O=C(NCCc1ccsc1)C1CC(=O)N(Cc2ccccn2)C1. The molecule has 0 aliphatic carbocycles. The molecule has 1 N–H and O–H groups in total. The van der Waals surface area contributed by atoms with Gasteiger partial charge in [0.05, 0.1) is 18.2 Å². The van der Waals surface area contributed by atoms with Crippen molar-refractivity contribution in [2.45, 2.75) is 19.4 Å². The van der Waals surface area contributed by atoms with Gasteiger partial charge in [0.2, 0.25) is 11.8 Å². The number of hydrogen-bond donors (Lipinski definition) is 1. The van der Waals surface area contributed by atoms with Crippen molar-refractivity contribution < 1.29 is 9.59 Å². The summed E-state index contributed by atoms with van der Waals surface area (Å²) in [6.07, 6.45) is 2.83. The van der Waals surface area contributed by atoms with Crippen LogP contribution < -0.4 is 5.32 Å².